The van der Waals surface area contributed by atoms with Gasteiger partial charge in [0.1, 0.15) is 0 Å². The Hall–Kier alpha value is -0.960. The SMILES string of the molecule is C=C.CCCCCCCOc1cscc1OCCCCCCC. The van der Waals surface area contributed by atoms with Gasteiger partial charge in [-0.05, 0) is 12.8 Å². The third kappa shape index (κ3) is 12.2. The Labute approximate surface area is 147 Å². The summed E-state index contributed by atoms with van der Waals surface area (Å²) in [7, 11) is 0. The van der Waals surface area contributed by atoms with E-state index in [4.69, 9.17) is 9.47 Å². The Balaban J connectivity index is 0.00000232. The van der Waals surface area contributed by atoms with Crippen LogP contribution in [0.5, 0.6) is 11.5 Å². The van der Waals surface area contributed by atoms with Gasteiger partial charge in [0, 0.05) is 10.8 Å². The lowest BCUT2D eigenvalue weighted by Gasteiger charge is -2.09. The van der Waals surface area contributed by atoms with Crippen molar-refractivity contribution in [3.05, 3.63) is 23.9 Å². The molecule has 23 heavy (non-hydrogen) atoms. The molecule has 1 rings (SSSR count). The first-order valence-corrected chi connectivity index (χ1v) is 10.1. The van der Waals surface area contributed by atoms with E-state index in [9.17, 15) is 0 Å². The largest absolute Gasteiger partial charge is 0.489 e. The fourth-order valence-electron chi connectivity index (χ4n) is 2.26. The highest BCUT2D eigenvalue weighted by Crippen LogP contribution is 2.32. The molecule has 0 atom stereocenters. The van der Waals surface area contributed by atoms with Crippen molar-refractivity contribution in [1.29, 1.82) is 0 Å². The van der Waals surface area contributed by atoms with Gasteiger partial charge in [0.05, 0.1) is 13.2 Å². The van der Waals surface area contributed by atoms with Gasteiger partial charge in [0.2, 0.25) is 0 Å². The molecular weight excluding hydrogens is 304 g/mol. The summed E-state index contributed by atoms with van der Waals surface area (Å²) < 4.78 is 11.7. The Morgan fingerprint density at radius 3 is 1.48 bits per heavy atom. The van der Waals surface area contributed by atoms with Crippen molar-refractivity contribution in [1.82, 2.24) is 0 Å². The maximum Gasteiger partial charge on any atom is 0.171 e. The van der Waals surface area contributed by atoms with Gasteiger partial charge in [-0.15, -0.1) is 24.5 Å². The fourth-order valence-corrected chi connectivity index (χ4v) is 2.94. The van der Waals surface area contributed by atoms with E-state index >= 15 is 0 Å². The van der Waals surface area contributed by atoms with Crippen molar-refractivity contribution >= 4 is 11.3 Å². The molecule has 0 saturated heterocycles. The molecular formula is C20H36O2S. The van der Waals surface area contributed by atoms with Crippen molar-refractivity contribution in [3.8, 4) is 11.5 Å². The molecule has 0 aromatic carbocycles. The van der Waals surface area contributed by atoms with Crippen LogP contribution in [0.25, 0.3) is 0 Å². The van der Waals surface area contributed by atoms with E-state index in [1.807, 2.05) is 0 Å². The van der Waals surface area contributed by atoms with E-state index in [1.54, 1.807) is 11.3 Å². The zero-order valence-corrected chi connectivity index (χ0v) is 16.1. The summed E-state index contributed by atoms with van der Waals surface area (Å²) in [6.07, 6.45) is 12.7. The predicted octanol–water partition coefficient (Wildman–Crippen LogP) is 7.25. The second-order valence-corrected chi connectivity index (χ2v) is 6.37. The van der Waals surface area contributed by atoms with Crippen LogP contribution in [0.15, 0.2) is 23.9 Å². The summed E-state index contributed by atoms with van der Waals surface area (Å²) >= 11 is 1.66. The maximum atomic E-state index is 5.84. The normalized spacial score (nSPS) is 10.0. The highest BCUT2D eigenvalue weighted by atomic mass is 32.1. The minimum atomic E-state index is 0.813. The van der Waals surface area contributed by atoms with Crippen LogP contribution in [0.2, 0.25) is 0 Å². The summed E-state index contributed by atoms with van der Waals surface area (Å²) in [4.78, 5) is 0. The van der Waals surface area contributed by atoms with Gasteiger partial charge < -0.3 is 9.47 Å². The van der Waals surface area contributed by atoms with E-state index in [-0.39, 0.29) is 0 Å². The highest BCUT2D eigenvalue weighted by Gasteiger charge is 2.06. The van der Waals surface area contributed by atoms with Crippen LogP contribution >= 0.6 is 11.3 Å². The molecule has 0 aliphatic carbocycles. The van der Waals surface area contributed by atoms with Crippen molar-refractivity contribution in [2.45, 2.75) is 78.1 Å². The van der Waals surface area contributed by atoms with Crippen LogP contribution in [0, 0.1) is 0 Å². The molecule has 3 heteroatoms. The lowest BCUT2D eigenvalue weighted by atomic mass is 10.2. The summed E-state index contributed by atoms with van der Waals surface area (Å²) in [5.41, 5.74) is 0. The van der Waals surface area contributed by atoms with Gasteiger partial charge in [0.15, 0.2) is 11.5 Å². The number of unbranched alkanes of at least 4 members (excludes halogenated alkanes) is 8. The summed E-state index contributed by atoms with van der Waals surface area (Å²) in [6, 6.07) is 0. The van der Waals surface area contributed by atoms with E-state index in [0.29, 0.717) is 0 Å². The summed E-state index contributed by atoms with van der Waals surface area (Å²) in [6.45, 7) is 12.1. The molecule has 0 aliphatic heterocycles. The number of rotatable bonds is 14. The lowest BCUT2D eigenvalue weighted by Crippen LogP contribution is -2.01. The standard InChI is InChI=1S/C18H32O2S.C2H4/c1-3-5-7-9-11-13-19-17-15-21-16-18(17)20-14-12-10-8-6-4-2;1-2/h15-16H,3-14H2,1-2H3;1-2H2. The molecule has 0 fully saturated rings. The van der Waals surface area contributed by atoms with E-state index in [1.165, 1.54) is 51.4 Å². The molecule has 1 heterocycles. The average Bonchev–Trinajstić information content (AvgIpc) is 3.03. The van der Waals surface area contributed by atoms with Crippen molar-refractivity contribution in [2.75, 3.05) is 13.2 Å². The van der Waals surface area contributed by atoms with Gasteiger partial charge in [-0.25, -0.2) is 0 Å². The Morgan fingerprint density at radius 1 is 0.696 bits per heavy atom. The molecule has 1 aromatic heterocycles. The Bertz CT molecular complexity index is 319. The molecule has 0 radical (unpaired) electrons. The molecule has 1 aromatic rings. The maximum absolute atomic E-state index is 5.84. The average molecular weight is 341 g/mol. The highest BCUT2D eigenvalue weighted by molar-refractivity contribution is 7.08. The van der Waals surface area contributed by atoms with Crippen molar-refractivity contribution in [2.24, 2.45) is 0 Å². The smallest absolute Gasteiger partial charge is 0.171 e. The van der Waals surface area contributed by atoms with Crippen molar-refractivity contribution < 1.29 is 9.47 Å². The molecule has 0 bridgehead atoms. The summed E-state index contributed by atoms with van der Waals surface area (Å²) in [5, 5.41) is 4.11. The molecule has 0 amide bonds. The zero-order chi connectivity index (χ0) is 17.2. The number of ether oxygens (including phenoxy) is 2. The Kier molecular flexibility index (Phi) is 16.7. The van der Waals surface area contributed by atoms with E-state index < -0.39 is 0 Å². The van der Waals surface area contributed by atoms with Crippen LogP contribution in [0.4, 0.5) is 0 Å². The Morgan fingerprint density at radius 2 is 1.09 bits per heavy atom. The molecule has 0 spiro atoms. The van der Waals surface area contributed by atoms with Crippen LogP contribution in [-0.4, -0.2) is 13.2 Å². The van der Waals surface area contributed by atoms with E-state index in [2.05, 4.69) is 37.8 Å². The summed E-state index contributed by atoms with van der Waals surface area (Å²) in [5.74, 6) is 1.87. The van der Waals surface area contributed by atoms with Gasteiger partial charge in [-0.1, -0.05) is 65.2 Å². The number of thiophene rings is 1. The van der Waals surface area contributed by atoms with E-state index in [0.717, 1.165) is 37.6 Å². The van der Waals surface area contributed by atoms with Crippen LogP contribution in [-0.2, 0) is 0 Å². The number of hydrogen-bond donors (Lipinski definition) is 0. The fraction of sp³-hybridized carbons (Fsp3) is 0.700. The first-order chi connectivity index (χ1) is 11.4. The molecule has 0 saturated carbocycles. The second kappa shape index (κ2) is 17.4. The zero-order valence-electron chi connectivity index (χ0n) is 15.3. The second-order valence-electron chi connectivity index (χ2n) is 5.63. The first kappa shape index (κ1) is 22.0. The molecule has 0 aliphatic rings. The van der Waals surface area contributed by atoms with Crippen molar-refractivity contribution in [3.63, 3.8) is 0 Å². The van der Waals surface area contributed by atoms with Crippen LogP contribution < -0.4 is 9.47 Å². The minimum Gasteiger partial charge on any atom is -0.489 e. The molecule has 0 unspecified atom stereocenters. The lowest BCUT2D eigenvalue weighted by molar-refractivity contribution is 0.260. The van der Waals surface area contributed by atoms with Crippen LogP contribution in [0.1, 0.15) is 78.1 Å². The monoisotopic (exact) mass is 340 g/mol. The van der Waals surface area contributed by atoms with Gasteiger partial charge in [-0.3, -0.25) is 0 Å². The molecule has 0 N–H and O–H groups in total. The third-order valence-electron chi connectivity index (χ3n) is 3.60. The van der Waals surface area contributed by atoms with Gasteiger partial charge in [0.25, 0.3) is 0 Å². The predicted molar refractivity (Wildman–Crippen MR) is 104 cm³/mol. The molecule has 134 valence electrons. The first-order valence-electron chi connectivity index (χ1n) is 9.20. The quantitative estimate of drug-likeness (QED) is 0.262. The van der Waals surface area contributed by atoms with Crippen LogP contribution in [0.3, 0.4) is 0 Å². The van der Waals surface area contributed by atoms with Gasteiger partial charge in [-0.2, -0.15) is 0 Å². The third-order valence-corrected chi connectivity index (χ3v) is 4.30. The minimum absolute atomic E-state index is 0.813. The topological polar surface area (TPSA) is 18.5 Å². The van der Waals surface area contributed by atoms with Gasteiger partial charge >= 0.3 is 0 Å². The molecule has 2 nitrogen and oxygen atoms in total. The number of hydrogen-bond acceptors (Lipinski definition) is 3.